The molecule has 0 saturated carbocycles. The number of carboxylic acid groups (broad SMARTS) is 1. The van der Waals surface area contributed by atoms with E-state index in [1.54, 1.807) is 36.2 Å². The molecule has 1 N–H and O–H groups in total. The number of carboxylic acids is 1. The van der Waals surface area contributed by atoms with Crippen LogP contribution in [-0.4, -0.2) is 42.5 Å². The molecular formula is C24H25N3O6. The molecule has 0 unspecified atom stereocenters. The molecule has 1 aliphatic heterocycles. The zero-order valence-electron chi connectivity index (χ0n) is 19.1. The van der Waals surface area contributed by atoms with Gasteiger partial charge in [-0.2, -0.15) is 5.26 Å². The van der Waals surface area contributed by atoms with E-state index in [0.29, 0.717) is 40.4 Å². The summed E-state index contributed by atoms with van der Waals surface area (Å²) >= 11 is 0. The highest BCUT2D eigenvalue weighted by atomic mass is 16.5. The summed E-state index contributed by atoms with van der Waals surface area (Å²) in [5.41, 5.74) is 3.32. The summed E-state index contributed by atoms with van der Waals surface area (Å²) in [6.45, 7) is 6.75. The van der Waals surface area contributed by atoms with E-state index in [1.807, 2.05) is 13.8 Å². The van der Waals surface area contributed by atoms with Crippen molar-refractivity contribution < 1.29 is 28.9 Å². The molecule has 0 aliphatic carbocycles. The summed E-state index contributed by atoms with van der Waals surface area (Å²) in [7, 11) is 1.46. The maximum atomic E-state index is 12.6. The Hall–Kier alpha value is -4.06. The van der Waals surface area contributed by atoms with Crippen molar-refractivity contribution in [3.63, 3.8) is 0 Å². The number of pyridine rings is 1. The second kappa shape index (κ2) is 9.61. The fourth-order valence-electron chi connectivity index (χ4n) is 4.06. The summed E-state index contributed by atoms with van der Waals surface area (Å²) in [4.78, 5) is 30.2. The van der Waals surface area contributed by atoms with Gasteiger partial charge in [0.2, 0.25) is 5.88 Å². The van der Waals surface area contributed by atoms with Gasteiger partial charge in [-0.05, 0) is 38.5 Å². The van der Waals surface area contributed by atoms with Gasteiger partial charge >= 0.3 is 11.9 Å². The number of nitriles is 1. The first-order valence-corrected chi connectivity index (χ1v) is 10.3. The van der Waals surface area contributed by atoms with E-state index >= 15 is 0 Å². The number of benzene rings is 1. The maximum absolute atomic E-state index is 12.6. The van der Waals surface area contributed by atoms with Crippen LogP contribution >= 0.6 is 0 Å². The van der Waals surface area contributed by atoms with Crippen LogP contribution in [0.4, 0.5) is 5.69 Å². The number of carbonyl (C=O) groups is 2. The van der Waals surface area contributed by atoms with Gasteiger partial charge in [0.05, 0.1) is 48.1 Å². The van der Waals surface area contributed by atoms with Gasteiger partial charge in [0.25, 0.3) is 0 Å². The third-order valence-electron chi connectivity index (χ3n) is 5.46. The van der Waals surface area contributed by atoms with Crippen LogP contribution in [-0.2, 0) is 14.3 Å². The van der Waals surface area contributed by atoms with E-state index in [0.717, 1.165) is 5.56 Å². The monoisotopic (exact) mass is 451 g/mol. The van der Waals surface area contributed by atoms with Crippen LogP contribution in [0.5, 0.6) is 11.6 Å². The Labute approximate surface area is 191 Å². The fourth-order valence-corrected chi connectivity index (χ4v) is 4.06. The standard InChI is InChI=1S/C24H25N3O6/c1-6-32-23-21-20(17-8-7-16(10-25)9-18(17)31-5)19(24(29)30)14(3)27(12-33-15(4)28)22(21)13(2)11-26-23/h7-9,11,20H,6,12H2,1-5H3,(H,29,30)/t20-/m0/s1. The van der Waals surface area contributed by atoms with Gasteiger partial charge in [0.1, 0.15) is 5.75 Å². The molecule has 1 atom stereocenters. The SMILES string of the molecule is CCOc1ncc(C)c2c1[C@@H](c1ccc(C#N)cc1OC)C(C(=O)O)=C(C)N2COC(C)=O. The second-order valence-electron chi connectivity index (χ2n) is 7.44. The van der Waals surface area contributed by atoms with Crippen LogP contribution in [0, 0.1) is 18.3 Å². The van der Waals surface area contributed by atoms with E-state index in [2.05, 4.69) is 11.1 Å². The molecule has 0 amide bonds. The largest absolute Gasteiger partial charge is 0.496 e. The van der Waals surface area contributed by atoms with E-state index in [9.17, 15) is 20.0 Å². The van der Waals surface area contributed by atoms with Gasteiger partial charge in [0.15, 0.2) is 6.73 Å². The number of rotatable bonds is 7. The van der Waals surface area contributed by atoms with Crippen LogP contribution in [0.1, 0.15) is 48.9 Å². The number of ether oxygens (including phenoxy) is 3. The average molecular weight is 451 g/mol. The van der Waals surface area contributed by atoms with Crippen molar-refractivity contribution in [1.29, 1.82) is 5.26 Å². The third kappa shape index (κ3) is 4.32. The maximum Gasteiger partial charge on any atom is 0.334 e. The molecule has 9 nitrogen and oxygen atoms in total. The number of aliphatic carboxylic acids is 1. The molecule has 1 aromatic heterocycles. The number of hydrogen-bond acceptors (Lipinski definition) is 8. The van der Waals surface area contributed by atoms with Gasteiger partial charge in [-0.25, -0.2) is 9.78 Å². The minimum atomic E-state index is -1.15. The smallest absolute Gasteiger partial charge is 0.334 e. The lowest BCUT2D eigenvalue weighted by molar-refractivity contribution is -0.140. The number of carbonyl (C=O) groups excluding carboxylic acids is 1. The summed E-state index contributed by atoms with van der Waals surface area (Å²) in [6, 6.07) is 6.93. The van der Waals surface area contributed by atoms with Crippen molar-refractivity contribution >= 4 is 17.6 Å². The van der Waals surface area contributed by atoms with E-state index in [4.69, 9.17) is 14.2 Å². The normalized spacial score (nSPS) is 14.9. The summed E-state index contributed by atoms with van der Waals surface area (Å²) < 4.78 is 16.6. The number of nitrogens with zero attached hydrogens (tertiary/aromatic N) is 3. The van der Waals surface area contributed by atoms with Gasteiger partial charge in [-0.3, -0.25) is 4.79 Å². The molecule has 0 spiro atoms. The lowest BCUT2D eigenvalue weighted by Gasteiger charge is -2.38. The lowest BCUT2D eigenvalue weighted by atomic mass is 9.79. The number of aryl methyl sites for hydroxylation is 1. The van der Waals surface area contributed by atoms with Crippen molar-refractivity contribution in [2.75, 3.05) is 25.3 Å². The molecule has 9 heteroatoms. The molecule has 0 bridgehead atoms. The number of esters is 1. The third-order valence-corrected chi connectivity index (χ3v) is 5.46. The number of methoxy groups -OCH3 is 1. The Morgan fingerprint density at radius 3 is 2.61 bits per heavy atom. The van der Waals surface area contributed by atoms with E-state index in [-0.39, 0.29) is 18.2 Å². The van der Waals surface area contributed by atoms with E-state index in [1.165, 1.54) is 14.0 Å². The van der Waals surface area contributed by atoms with Crippen molar-refractivity contribution in [3.05, 3.63) is 57.9 Å². The zero-order chi connectivity index (χ0) is 24.3. The number of fused-ring (bicyclic) bond motifs is 1. The quantitative estimate of drug-likeness (QED) is 0.630. The average Bonchev–Trinajstić information content (AvgIpc) is 2.78. The van der Waals surface area contributed by atoms with Crippen molar-refractivity contribution in [3.8, 4) is 17.7 Å². The van der Waals surface area contributed by atoms with E-state index < -0.39 is 17.9 Å². The highest BCUT2D eigenvalue weighted by Crippen LogP contribution is 2.51. The molecule has 172 valence electrons. The lowest BCUT2D eigenvalue weighted by Crippen LogP contribution is -2.35. The van der Waals surface area contributed by atoms with Gasteiger partial charge < -0.3 is 24.2 Å². The van der Waals surface area contributed by atoms with Crippen molar-refractivity contribution in [2.24, 2.45) is 0 Å². The minimum absolute atomic E-state index is 0.0611. The molecule has 1 aliphatic rings. The van der Waals surface area contributed by atoms with Gasteiger partial charge in [0, 0.05) is 24.4 Å². The van der Waals surface area contributed by atoms with Gasteiger partial charge in [-0.1, -0.05) is 6.07 Å². The first-order chi connectivity index (χ1) is 15.7. The first kappa shape index (κ1) is 23.6. The minimum Gasteiger partial charge on any atom is -0.496 e. The Morgan fingerprint density at radius 1 is 1.30 bits per heavy atom. The molecule has 0 radical (unpaired) electrons. The van der Waals surface area contributed by atoms with Gasteiger partial charge in [-0.15, -0.1) is 0 Å². The summed E-state index contributed by atoms with van der Waals surface area (Å²) in [6.07, 6.45) is 1.64. The number of aromatic nitrogens is 1. The van der Waals surface area contributed by atoms with Crippen molar-refractivity contribution in [1.82, 2.24) is 4.98 Å². The van der Waals surface area contributed by atoms with Crippen molar-refractivity contribution in [2.45, 2.75) is 33.6 Å². The Bertz CT molecular complexity index is 1180. The van der Waals surface area contributed by atoms with Crippen LogP contribution in [0.3, 0.4) is 0 Å². The molecule has 2 aromatic rings. The van der Waals surface area contributed by atoms with Crippen LogP contribution < -0.4 is 14.4 Å². The molecule has 0 saturated heterocycles. The van der Waals surface area contributed by atoms with Crippen LogP contribution in [0.25, 0.3) is 0 Å². The molecule has 3 rings (SSSR count). The Morgan fingerprint density at radius 2 is 2.03 bits per heavy atom. The first-order valence-electron chi connectivity index (χ1n) is 10.3. The number of anilines is 1. The molecule has 2 heterocycles. The molecule has 33 heavy (non-hydrogen) atoms. The van der Waals surface area contributed by atoms with Crippen LogP contribution in [0.15, 0.2) is 35.7 Å². The highest BCUT2D eigenvalue weighted by molar-refractivity contribution is 5.94. The second-order valence-corrected chi connectivity index (χ2v) is 7.44. The predicted molar refractivity (Wildman–Crippen MR) is 119 cm³/mol. The molecule has 0 fully saturated rings. The van der Waals surface area contributed by atoms with Crippen LogP contribution in [0.2, 0.25) is 0 Å². The number of hydrogen-bond donors (Lipinski definition) is 1. The number of allylic oxidation sites excluding steroid dienone is 1. The Balaban J connectivity index is 2.41. The molecular weight excluding hydrogens is 426 g/mol. The Kier molecular flexibility index (Phi) is 6.87. The highest BCUT2D eigenvalue weighted by Gasteiger charge is 2.41. The predicted octanol–water partition coefficient (Wildman–Crippen LogP) is 3.50. The topological polar surface area (TPSA) is 122 Å². The summed E-state index contributed by atoms with van der Waals surface area (Å²) in [5.74, 6) is -1.80. The summed E-state index contributed by atoms with van der Waals surface area (Å²) in [5, 5.41) is 19.6. The molecule has 1 aromatic carbocycles. The fraction of sp³-hybridized carbons (Fsp3) is 0.333. The zero-order valence-corrected chi connectivity index (χ0v) is 19.1.